The van der Waals surface area contributed by atoms with Crippen molar-refractivity contribution in [3.05, 3.63) is 97.2 Å². The molecule has 0 spiro atoms. The third kappa shape index (κ3) is 64.1. The van der Waals surface area contributed by atoms with Crippen molar-refractivity contribution >= 4 is 19.8 Å². The molecule has 0 aliphatic carbocycles. The fourth-order valence-electron chi connectivity index (χ4n) is 9.04. The molecule has 0 aliphatic rings. The molecule has 0 rings (SSSR count). The second-order valence-corrected chi connectivity index (χ2v) is 24.5. The van der Waals surface area contributed by atoms with E-state index in [1.54, 1.807) is 0 Å². The largest absolute Gasteiger partial charge is 0.756 e. The van der Waals surface area contributed by atoms with E-state index in [0.717, 1.165) is 96.3 Å². The second kappa shape index (κ2) is 60.5. The maximum atomic E-state index is 12.8. The van der Waals surface area contributed by atoms with Crippen molar-refractivity contribution in [2.75, 3.05) is 47.5 Å². The quantitative estimate of drug-likeness (QED) is 0.0195. The van der Waals surface area contributed by atoms with Crippen LogP contribution in [0.25, 0.3) is 0 Å². The van der Waals surface area contributed by atoms with E-state index in [1.165, 1.54) is 154 Å². The number of hydrogen-bond donors (Lipinski definition) is 0. The highest BCUT2D eigenvalue weighted by Gasteiger charge is 2.22. The Labute approximate surface area is 493 Å². The van der Waals surface area contributed by atoms with Gasteiger partial charge in [-0.25, -0.2) is 0 Å². The smallest absolute Gasteiger partial charge is 0.306 e. The van der Waals surface area contributed by atoms with Gasteiger partial charge in [0.15, 0.2) is 6.10 Å². The van der Waals surface area contributed by atoms with Crippen molar-refractivity contribution in [3.8, 4) is 0 Å². The first kappa shape index (κ1) is 76.9. The average molecular weight is 1140 g/mol. The molecule has 0 saturated carbocycles. The zero-order chi connectivity index (χ0) is 58.4. The molecule has 0 bridgehead atoms. The van der Waals surface area contributed by atoms with Crippen LogP contribution in [-0.4, -0.2) is 70.0 Å². The van der Waals surface area contributed by atoms with Crippen LogP contribution in [0, 0.1) is 0 Å². The van der Waals surface area contributed by atoms with Gasteiger partial charge in [-0.05, 0) is 96.3 Å². The summed E-state index contributed by atoms with van der Waals surface area (Å²) in [6.07, 6.45) is 83.3. The van der Waals surface area contributed by atoms with Crippen LogP contribution in [0.5, 0.6) is 0 Å². The summed E-state index contributed by atoms with van der Waals surface area (Å²) in [4.78, 5) is 38.0. The van der Waals surface area contributed by atoms with E-state index >= 15 is 0 Å². The molecule has 10 heteroatoms. The number of hydrogen-bond acceptors (Lipinski definition) is 8. The Morgan fingerprint density at radius 1 is 0.400 bits per heavy atom. The first-order valence-corrected chi connectivity index (χ1v) is 34.4. The normalized spacial score (nSPS) is 13.8. The third-order valence-corrected chi connectivity index (χ3v) is 15.1. The average Bonchev–Trinajstić information content (AvgIpc) is 3.42. The van der Waals surface area contributed by atoms with Crippen LogP contribution in [0.2, 0.25) is 0 Å². The highest BCUT2D eigenvalue weighted by Crippen LogP contribution is 2.38. The highest BCUT2D eigenvalue weighted by atomic mass is 31.2. The number of phosphoric ester groups is 1. The summed E-state index contributed by atoms with van der Waals surface area (Å²) < 4.78 is 34.2. The lowest BCUT2D eigenvalue weighted by Crippen LogP contribution is -2.37. The maximum Gasteiger partial charge on any atom is 0.306 e. The predicted octanol–water partition coefficient (Wildman–Crippen LogP) is 20.5. The summed E-state index contributed by atoms with van der Waals surface area (Å²) in [7, 11) is 1.16. The molecular formula is C70H124NO8P. The van der Waals surface area contributed by atoms with Gasteiger partial charge in [-0.1, -0.05) is 272 Å². The molecule has 0 aromatic rings. The Morgan fingerprint density at radius 3 is 1.06 bits per heavy atom. The Kier molecular flexibility index (Phi) is 58.2. The number of likely N-dealkylation sites (N-methyl/N-ethyl adjacent to an activating group) is 1. The summed E-state index contributed by atoms with van der Waals surface area (Å²) in [5.74, 6) is -0.832. The minimum Gasteiger partial charge on any atom is -0.756 e. The number of carbonyl (C=O) groups is 2. The minimum atomic E-state index is -4.64. The van der Waals surface area contributed by atoms with Crippen LogP contribution in [0.15, 0.2) is 97.2 Å². The predicted molar refractivity (Wildman–Crippen MR) is 342 cm³/mol. The molecule has 0 radical (unpaired) electrons. The number of phosphoric acid groups is 1. The molecule has 0 aliphatic heterocycles. The van der Waals surface area contributed by atoms with Gasteiger partial charge in [0.05, 0.1) is 27.7 Å². The van der Waals surface area contributed by atoms with Gasteiger partial charge in [0, 0.05) is 12.8 Å². The highest BCUT2D eigenvalue weighted by molar-refractivity contribution is 7.45. The summed E-state index contributed by atoms with van der Waals surface area (Å²) in [5, 5.41) is 0. The second-order valence-electron chi connectivity index (χ2n) is 23.1. The summed E-state index contributed by atoms with van der Waals surface area (Å²) in [6.45, 7) is 4.12. The molecule has 0 saturated heterocycles. The van der Waals surface area contributed by atoms with E-state index < -0.39 is 26.5 Å². The van der Waals surface area contributed by atoms with Crippen molar-refractivity contribution in [2.24, 2.45) is 0 Å². The molecular weight excluding hydrogens is 1010 g/mol. The zero-order valence-corrected chi connectivity index (χ0v) is 53.4. The van der Waals surface area contributed by atoms with Crippen LogP contribution < -0.4 is 4.89 Å². The number of esters is 2. The molecule has 80 heavy (non-hydrogen) atoms. The van der Waals surface area contributed by atoms with Gasteiger partial charge < -0.3 is 27.9 Å². The summed E-state index contributed by atoms with van der Waals surface area (Å²) >= 11 is 0. The fraction of sp³-hybridized carbons (Fsp3) is 0.743. The van der Waals surface area contributed by atoms with Crippen molar-refractivity contribution in [3.63, 3.8) is 0 Å². The van der Waals surface area contributed by atoms with E-state index in [4.69, 9.17) is 18.5 Å². The molecule has 0 heterocycles. The molecule has 0 amide bonds. The molecule has 0 N–H and O–H groups in total. The number of nitrogens with zero attached hydrogens (tertiary/aromatic N) is 1. The van der Waals surface area contributed by atoms with E-state index in [2.05, 4.69) is 111 Å². The number of quaternary nitrogens is 1. The third-order valence-electron chi connectivity index (χ3n) is 14.1. The van der Waals surface area contributed by atoms with Crippen molar-refractivity contribution in [2.45, 2.75) is 290 Å². The Hall–Kier alpha value is -3.07. The van der Waals surface area contributed by atoms with Gasteiger partial charge in [0.2, 0.25) is 0 Å². The van der Waals surface area contributed by atoms with Gasteiger partial charge in [-0.3, -0.25) is 14.2 Å². The maximum absolute atomic E-state index is 12.8. The zero-order valence-electron chi connectivity index (χ0n) is 52.5. The number of carbonyl (C=O) groups excluding carboxylic acids is 2. The van der Waals surface area contributed by atoms with Crippen LogP contribution in [-0.2, 0) is 32.7 Å². The standard InChI is InChI=1S/C70H124NO8P/c1-6-8-10-12-14-16-18-20-22-24-26-27-28-29-30-31-32-33-34-35-36-37-38-39-40-41-42-43-45-47-49-51-53-55-57-59-61-63-70(73)79-68(67-78-80(74,75)77-65-64-71(3,4)5)66-76-69(72)62-60-58-56-54-52-50-48-46-44-25-23-21-19-17-15-13-11-9-7-2/h8,10,14-17,20-23,26-27,29-30,32-33,68H,6-7,9,11-13,18-19,24-25,28,31,34-67H2,1-5H3/b10-8-,16-14-,17-15-,22-20-,23-21-,27-26-,30-29-,33-32-. The molecule has 0 aromatic heterocycles. The lowest BCUT2D eigenvalue weighted by atomic mass is 10.0. The minimum absolute atomic E-state index is 0.0334. The topological polar surface area (TPSA) is 111 Å². The van der Waals surface area contributed by atoms with E-state index in [1.807, 2.05) is 21.1 Å². The van der Waals surface area contributed by atoms with E-state index in [0.29, 0.717) is 17.4 Å². The van der Waals surface area contributed by atoms with Crippen LogP contribution >= 0.6 is 7.82 Å². The number of rotatable bonds is 60. The Morgan fingerprint density at radius 2 is 0.713 bits per heavy atom. The number of unbranched alkanes of at least 4 members (excludes halogenated alkanes) is 30. The molecule has 462 valence electrons. The SMILES string of the molecule is CC/C=C\C/C=C\C/C=C\C/C=C\C/C=C\C/C=C\CCCCCCCCCCCCCCCCCCCCC(=O)OC(COC(=O)CCCCCCCCCCC/C=C\C/C=C\CCCCC)COP(=O)([O-])OCC[N+](C)(C)C. The lowest BCUT2D eigenvalue weighted by molar-refractivity contribution is -0.870. The van der Waals surface area contributed by atoms with E-state index in [-0.39, 0.29) is 32.0 Å². The molecule has 2 unspecified atom stereocenters. The molecule has 0 fully saturated rings. The van der Waals surface area contributed by atoms with Gasteiger partial charge in [0.1, 0.15) is 19.8 Å². The van der Waals surface area contributed by atoms with Crippen molar-refractivity contribution in [1.82, 2.24) is 0 Å². The first-order valence-electron chi connectivity index (χ1n) is 32.9. The van der Waals surface area contributed by atoms with E-state index in [9.17, 15) is 19.0 Å². The Bertz CT molecular complexity index is 1670. The summed E-state index contributed by atoms with van der Waals surface area (Å²) in [6, 6.07) is 0. The molecule has 2 atom stereocenters. The number of ether oxygens (including phenoxy) is 2. The van der Waals surface area contributed by atoms with Gasteiger partial charge in [0.25, 0.3) is 7.82 Å². The Balaban J connectivity index is 4.02. The lowest BCUT2D eigenvalue weighted by Gasteiger charge is -2.28. The molecule has 9 nitrogen and oxygen atoms in total. The van der Waals surface area contributed by atoms with Crippen LogP contribution in [0.1, 0.15) is 284 Å². The van der Waals surface area contributed by atoms with Crippen molar-refractivity contribution in [1.29, 1.82) is 0 Å². The molecule has 0 aromatic carbocycles. The van der Waals surface area contributed by atoms with Crippen LogP contribution in [0.4, 0.5) is 0 Å². The van der Waals surface area contributed by atoms with Crippen molar-refractivity contribution < 1.29 is 42.1 Å². The van der Waals surface area contributed by atoms with Gasteiger partial charge >= 0.3 is 11.9 Å². The van der Waals surface area contributed by atoms with Crippen LogP contribution in [0.3, 0.4) is 0 Å². The monoisotopic (exact) mass is 1140 g/mol. The van der Waals surface area contributed by atoms with Gasteiger partial charge in [-0.15, -0.1) is 0 Å². The first-order chi connectivity index (χ1) is 39.0. The summed E-state index contributed by atoms with van der Waals surface area (Å²) in [5.41, 5.74) is 0. The fourth-order valence-corrected chi connectivity index (χ4v) is 9.77. The number of allylic oxidation sites excluding steroid dienone is 16. The van der Waals surface area contributed by atoms with Gasteiger partial charge in [-0.2, -0.15) is 0 Å².